The number of hydrogen-bond donors (Lipinski definition) is 1. The Hall–Kier alpha value is -2.31. The maximum Gasteiger partial charge on any atom is 0.247 e. The van der Waals surface area contributed by atoms with E-state index in [1.54, 1.807) is 24.3 Å². The van der Waals surface area contributed by atoms with Crippen molar-refractivity contribution in [3.8, 4) is 0 Å². The van der Waals surface area contributed by atoms with Gasteiger partial charge in [-0.2, -0.15) is 0 Å². The monoisotopic (exact) mass is 442 g/mol. The van der Waals surface area contributed by atoms with E-state index < -0.39 is 5.25 Å². The van der Waals surface area contributed by atoms with E-state index in [9.17, 15) is 14.4 Å². The van der Waals surface area contributed by atoms with E-state index in [0.717, 1.165) is 36.3 Å². The third-order valence-electron chi connectivity index (χ3n) is 5.55. The van der Waals surface area contributed by atoms with Crippen LogP contribution in [0.2, 0.25) is 5.02 Å². The molecule has 1 atom stereocenters. The number of thioether (sulfide) groups is 1. The zero-order valence-corrected chi connectivity index (χ0v) is 18.0. The number of imide groups is 1. The fourth-order valence-electron chi connectivity index (χ4n) is 3.97. The van der Waals surface area contributed by atoms with Gasteiger partial charge in [-0.25, -0.2) is 4.90 Å². The van der Waals surface area contributed by atoms with Crippen molar-refractivity contribution in [3.63, 3.8) is 0 Å². The molecule has 5 nitrogen and oxygen atoms in total. The van der Waals surface area contributed by atoms with E-state index in [-0.39, 0.29) is 30.1 Å². The zero-order valence-electron chi connectivity index (χ0n) is 16.5. The van der Waals surface area contributed by atoms with Crippen molar-refractivity contribution in [2.24, 2.45) is 5.92 Å². The Morgan fingerprint density at radius 3 is 2.47 bits per heavy atom. The Kier molecular flexibility index (Phi) is 6.44. The summed E-state index contributed by atoms with van der Waals surface area (Å²) in [5, 5.41) is 3.00. The topological polar surface area (TPSA) is 66.5 Å². The van der Waals surface area contributed by atoms with Crippen LogP contribution in [0.25, 0.3) is 0 Å². The van der Waals surface area contributed by atoms with Crippen LogP contribution >= 0.6 is 23.4 Å². The van der Waals surface area contributed by atoms with Crippen LogP contribution in [-0.4, -0.2) is 23.0 Å². The Balaban J connectivity index is 1.38. The second-order valence-electron chi connectivity index (χ2n) is 7.71. The van der Waals surface area contributed by atoms with Gasteiger partial charge in [-0.05, 0) is 55.3 Å². The highest BCUT2D eigenvalue weighted by molar-refractivity contribution is 8.00. The van der Waals surface area contributed by atoms with E-state index in [1.165, 1.54) is 23.1 Å². The molecule has 4 rings (SSSR count). The average molecular weight is 443 g/mol. The molecule has 7 heteroatoms. The van der Waals surface area contributed by atoms with E-state index >= 15 is 0 Å². The molecule has 3 amide bonds. The van der Waals surface area contributed by atoms with Gasteiger partial charge in [0.2, 0.25) is 17.7 Å². The molecular formula is C23H23ClN2O3S. The van der Waals surface area contributed by atoms with Gasteiger partial charge in [0, 0.05) is 27.9 Å². The predicted molar refractivity (Wildman–Crippen MR) is 120 cm³/mol. The number of carbonyl (C=O) groups is 3. The first-order valence-corrected chi connectivity index (χ1v) is 11.5. The molecule has 1 aliphatic carbocycles. The molecular weight excluding hydrogens is 420 g/mol. The summed E-state index contributed by atoms with van der Waals surface area (Å²) in [6.45, 7) is 0. The molecule has 0 spiro atoms. The Morgan fingerprint density at radius 1 is 1.03 bits per heavy atom. The number of halogens is 1. The maximum atomic E-state index is 12.8. The molecule has 0 radical (unpaired) electrons. The van der Waals surface area contributed by atoms with Gasteiger partial charge in [0.05, 0.1) is 10.9 Å². The van der Waals surface area contributed by atoms with Crippen molar-refractivity contribution >= 4 is 52.5 Å². The number of carbonyl (C=O) groups excluding carboxylic acids is 3. The van der Waals surface area contributed by atoms with Crippen LogP contribution in [0.15, 0.2) is 53.4 Å². The van der Waals surface area contributed by atoms with E-state index in [2.05, 4.69) is 5.32 Å². The molecule has 0 aromatic heterocycles. The van der Waals surface area contributed by atoms with Gasteiger partial charge in [-0.3, -0.25) is 14.4 Å². The minimum Gasteiger partial charge on any atom is -0.326 e. The lowest BCUT2D eigenvalue weighted by Gasteiger charge is -2.20. The highest BCUT2D eigenvalue weighted by atomic mass is 35.5. The van der Waals surface area contributed by atoms with Crippen LogP contribution in [0.3, 0.4) is 0 Å². The zero-order chi connectivity index (χ0) is 21.1. The minimum absolute atomic E-state index is 0.0869. The lowest BCUT2D eigenvalue weighted by atomic mass is 9.88. The molecule has 2 aromatic carbocycles. The first kappa shape index (κ1) is 20.9. The third kappa shape index (κ3) is 4.71. The van der Waals surface area contributed by atoms with Crippen molar-refractivity contribution in [1.29, 1.82) is 0 Å². The van der Waals surface area contributed by atoms with Crippen LogP contribution in [-0.2, 0) is 14.4 Å². The minimum atomic E-state index is -0.473. The molecule has 1 heterocycles. The molecule has 0 bridgehead atoms. The van der Waals surface area contributed by atoms with Crippen LogP contribution in [0.1, 0.15) is 38.5 Å². The van der Waals surface area contributed by atoms with Crippen LogP contribution in [0.4, 0.5) is 11.4 Å². The second kappa shape index (κ2) is 9.23. The molecule has 1 unspecified atom stereocenters. The van der Waals surface area contributed by atoms with Crippen LogP contribution in [0, 0.1) is 5.92 Å². The number of benzene rings is 2. The van der Waals surface area contributed by atoms with Crippen molar-refractivity contribution < 1.29 is 14.4 Å². The van der Waals surface area contributed by atoms with Crippen LogP contribution < -0.4 is 10.2 Å². The number of hydrogen-bond acceptors (Lipinski definition) is 4. The Bertz CT molecular complexity index is 957. The van der Waals surface area contributed by atoms with E-state index in [1.807, 2.05) is 24.3 Å². The fourth-order valence-corrected chi connectivity index (χ4v) is 5.21. The molecule has 2 aliphatic rings. The SMILES string of the molecule is O=C(Nc1ccc(SC2CC(=O)N(c3cccc(Cl)c3)C2=O)cc1)C1CCCCC1. The highest BCUT2D eigenvalue weighted by Gasteiger charge is 2.40. The van der Waals surface area contributed by atoms with Gasteiger partial charge in [0.25, 0.3) is 0 Å². The molecule has 2 aromatic rings. The summed E-state index contributed by atoms with van der Waals surface area (Å²) in [4.78, 5) is 39.7. The standard InChI is InChI=1S/C23H23ClN2O3S/c24-16-7-4-8-18(13-16)26-21(27)14-20(23(26)29)30-19-11-9-17(10-12-19)25-22(28)15-5-2-1-3-6-15/h4,7-13,15,20H,1-3,5-6,14H2,(H,25,28). The largest absolute Gasteiger partial charge is 0.326 e. The fraction of sp³-hybridized carbons (Fsp3) is 0.348. The van der Waals surface area contributed by atoms with Crippen molar-refractivity contribution in [2.45, 2.75) is 48.7 Å². The van der Waals surface area contributed by atoms with Gasteiger partial charge in [0.1, 0.15) is 0 Å². The molecule has 1 aliphatic heterocycles. The summed E-state index contributed by atoms with van der Waals surface area (Å²) in [7, 11) is 0. The molecule has 1 saturated heterocycles. The van der Waals surface area contributed by atoms with Crippen molar-refractivity contribution in [1.82, 2.24) is 0 Å². The summed E-state index contributed by atoms with van der Waals surface area (Å²) in [6.07, 6.45) is 5.52. The average Bonchev–Trinajstić information content (AvgIpc) is 3.03. The van der Waals surface area contributed by atoms with Crippen LogP contribution in [0.5, 0.6) is 0 Å². The van der Waals surface area contributed by atoms with Gasteiger partial charge >= 0.3 is 0 Å². The second-order valence-corrected chi connectivity index (χ2v) is 9.42. The predicted octanol–water partition coefficient (Wildman–Crippen LogP) is 5.28. The molecule has 156 valence electrons. The van der Waals surface area contributed by atoms with Crippen molar-refractivity contribution in [3.05, 3.63) is 53.6 Å². The normalized spacial score (nSPS) is 19.9. The van der Waals surface area contributed by atoms with E-state index in [4.69, 9.17) is 11.6 Å². The van der Waals surface area contributed by atoms with E-state index in [0.29, 0.717) is 10.7 Å². The summed E-state index contributed by atoms with van der Waals surface area (Å²) in [5.41, 5.74) is 1.26. The summed E-state index contributed by atoms with van der Waals surface area (Å²) >= 11 is 7.36. The number of anilines is 2. The number of rotatable bonds is 5. The summed E-state index contributed by atoms with van der Waals surface area (Å²) in [5.74, 6) is -0.269. The molecule has 2 fully saturated rings. The summed E-state index contributed by atoms with van der Waals surface area (Å²) < 4.78 is 0. The van der Waals surface area contributed by atoms with Gasteiger partial charge in [0.15, 0.2) is 0 Å². The smallest absolute Gasteiger partial charge is 0.247 e. The molecule has 1 saturated carbocycles. The van der Waals surface area contributed by atoms with Gasteiger partial charge in [-0.1, -0.05) is 36.9 Å². The lowest BCUT2D eigenvalue weighted by Crippen LogP contribution is -2.31. The number of amides is 3. The van der Waals surface area contributed by atoms with Gasteiger partial charge in [-0.15, -0.1) is 11.8 Å². The third-order valence-corrected chi connectivity index (χ3v) is 6.98. The van der Waals surface area contributed by atoms with Gasteiger partial charge < -0.3 is 5.32 Å². The highest BCUT2D eigenvalue weighted by Crippen LogP contribution is 2.35. The first-order chi connectivity index (χ1) is 14.5. The molecule has 30 heavy (non-hydrogen) atoms. The maximum absolute atomic E-state index is 12.8. The number of nitrogens with one attached hydrogen (secondary N) is 1. The summed E-state index contributed by atoms with van der Waals surface area (Å²) in [6, 6.07) is 14.2. The molecule has 1 N–H and O–H groups in total. The number of nitrogens with zero attached hydrogens (tertiary/aromatic N) is 1. The quantitative estimate of drug-likeness (QED) is 0.639. The Morgan fingerprint density at radius 2 is 1.77 bits per heavy atom. The lowest BCUT2D eigenvalue weighted by molar-refractivity contribution is -0.122. The van der Waals surface area contributed by atoms with Crippen molar-refractivity contribution in [2.75, 3.05) is 10.2 Å². The first-order valence-electron chi connectivity index (χ1n) is 10.2. The Labute approximate surface area is 185 Å².